The molecule has 2 aromatic carbocycles. The van der Waals surface area contributed by atoms with Gasteiger partial charge in [0.2, 0.25) is 5.91 Å². The number of anilines is 2. The number of hydrogen-bond acceptors (Lipinski definition) is 6. The van der Waals surface area contributed by atoms with Crippen LogP contribution in [0.3, 0.4) is 0 Å². The number of ether oxygens (including phenoxy) is 2. The Bertz CT molecular complexity index is 949. The first-order valence-electron chi connectivity index (χ1n) is 9.04. The topological polar surface area (TPSA) is 111 Å². The van der Waals surface area contributed by atoms with E-state index in [-0.39, 0.29) is 5.91 Å². The lowest BCUT2D eigenvalue weighted by atomic mass is 10.1. The highest BCUT2D eigenvalue weighted by Crippen LogP contribution is 2.14. The summed E-state index contributed by atoms with van der Waals surface area (Å²) < 4.78 is 9.71. The molecule has 0 spiro atoms. The van der Waals surface area contributed by atoms with E-state index in [1.807, 2.05) is 0 Å². The number of hydrogen-bond donors (Lipinski definition) is 2. The smallest absolute Gasteiger partial charge is 0.337 e. The highest BCUT2D eigenvalue weighted by atomic mass is 16.5. The van der Waals surface area contributed by atoms with Gasteiger partial charge < -0.3 is 20.1 Å². The molecule has 2 aromatic rings. The van der Waals surface area contributed by atoms with Crippen LogP contribution in [0.1, 0.15) is 29.8 Å². The molecule has 0 aromatic heterocycles. The summed E-state index contributed by atoms with van der Waals surface area (Å²) in [5, 5.41) is 5.25. The van der Waals surface area contributed by atoms with Crippen LogP contribution >= 0.6 is 0 Å². The van der Waals surface area contributed by atoms with Crippen molar-refractivity contribution in [1.82, 2.24) is 0 Å². The first-order valence-corrected chi connectivity index (χ1v) is 9.04. The average molecular weight is 410 g/mol. The third-order valence-electron chi connectivity index (χ3n) is 3.88. The highest BCUT2D eigenvalue weighted by molar-refractivity contribution is 5.97. The van der Waals surface area contributed by atoms with Crippen LogP contribution in [-0.2, 0) is 23.9 Å². The number of carbonyl (C=O) groups is 4. The van der Waals surface area contributed by atoms with Gasteiger partial charge in [0.25, 0.3) is 5.91 Å². The zero-order valence-electron chi connectivity index (χ0n) is 16.8. The number of carbonyl (C=O) groups excluding carboxylic acids is 4. The number of nitrogens with one attached hydrogen (secondary N) is 2. The number of amides is 2. The average Bonchev–Trinajstić information content (AvgIpc) is 2.73. The number of rotatable bonds is 7. The Balaban J connectivity index is 1.86. The van der Waals surface area contributed by atoms with Crippen molar-refractivity contribution < 1.29 is 28.7 Å². The molecule has 1 atom stereocenters. The van der Waals surface area contributed by atoms with E-state index in [0.717, 1.165) is 0 Å². The van der Waals surface area contributed by atoms with Crippen LogP contribution in [0.15, 0.2) is 54.6 Å². The summed E-state index contributed by atoms with van der Waals surface area (Å²) in [6.07, 6.45) is 1.69. The van der Waals surface area contributed by atoms with Gasteiger partial charge in [-0.15, -0.1) is 0 Å². The van der Waals surface area contributed by atoms with Crippen LogP contribution < -0.4 is 10.6 Å². The zero-order chi connectivity index (χ0) is 22.1. The maximum Gasteiger partial charge on any atom is 0.337 e. The van der Waals surface area contributed by atoms with E-state index in [9.17, 15) is 19.2 Å². The Labute approximate surface area is 173 Å². The molecule has 30 heavy (non-hydrogen) atoms. The molecule has 0 saturated carbocycles. The highest BCUT2D eigenvalue weighted by Gasteiger charge is 2.16. The Hall–Kier alpha value is -3.94. The summed E-state index contributed by atoms with van der Waals surface area (Å²) in [5.41, 5.74) is 2.17. The molecule has 0 unspecified atom stereocenters. The molecule has 0 aliphatic heterocycles. The normalized spacial score (nSPS) is 11.4. The van der Waals surface area contributed by atoms with E-state index in [0.29, 0.717) is 22.5 Å². The van der Waals surface area contributed by atoms with Gasteiger partial charge in [0, 0.05) is 24.4 Å². The maximum absolute atomic E-state index is 12.2. The molecule has 8 nitrogen and oxygen atoms in total. The predicted octanol–water partition coefficient (Wildman–Crippen LogP) is 3.02. The van der Waals surface area contributed by atoms with Gasteiger partial charge in [0.1, 0.15) is 0 Å². The van der Waals surface area contributed by atoms with Gasteiger partial charge in [0.05, 0.1) is 12.7 Å². The second kappa shape index (κ2) is 10.6. The van der Waals surface area contributed by atoms with E-state index in [1.165, 1.54) is 33.1 Å². The quantitative estimate of drug-likeness (QED) is 0.536. The number of esters is 2. The summed E-state index contributed by atoms with van der Waals surface area (Å²) in [6.45, 7) is 2.86. The molecule has 156 valence electrons. The summed E-state index contributed by atoms with van der Waals surface area (Å²) in [4.78, 5) is 46.5. The second-order valence-corrected chi connectivity index (χ2v) is 6.27. The van der Waals surface area contributed by atoms with Crippen LogP contribution in [0.2, 0.25) is 0 Å². The molecule has 0 heterocycles. The maximum atomic E-state index is 12.2. The predicted molar refractivity (Wildman–Crippen MR) is 112 cm³/mol. The minimum atomic E-state index is -1.01. The molecular formula is C22H22N2O6. The van der Waals surface area contributed by atoms with E-state index in [1.54, 1.807) is 48.5 Å². The fourth-order valence-electron chi connectivity index (χ4n) is 2.36. The molecule has 0 bridgehead atoms. The molecule has 0 aliphatic rings. The van der Waals surface area contributed by atoms with Crippen molar-refractivity contribution in [1.29, 1.82) is 0 Å². The molecule has 0 radical (unpaired) electrons. The minimum absolute atomic E-state index is 0.195. The van der Waals surface area contributed by atoms with Crippen molar-refractivity contribution in [2.75, 3.05) is 17.7 Å². The van der Waals surface area contributed by atoms with Crippen molar-refractivity contribution in [2.45, 2.75) is 20.0 Å². The molecular weight excluding hydrogens is 388 g/mol. The van der Waals surface area contributed by atoms with E-state index < -0.39 is 23.9 Å². The molecule has 8 heteroatoms. The zero-order valence-corrected chi connectivity index (χ0v) is 16.8. The fourth-order valence-corrected chi connectivity index (χ4v) is 2.36. The molecule has 2 N–H and O–H groups in total. The summed E-state index contributed by atoms with van der Waals surface area (Å²) >= 11 is 0. The molecule has 2 rings (SSSR count). The molecule has 2 amide bonds. The van der Waals surface area contributed by atoms with Crippen LogP contribution in [0.25, 0.3) is 6.08 Å². The Kier molecular flexibility index (Phi) is 7.87. The van der Waals surface area contributed by atoms with Crippen LogP contribution in [-0.4, -0.2) is 37.0 Å². The molecule has 0 saturated heterocycles. The van der Waals surface area contributed by atoms with E-state index in [4.69, 9.17) is 4.74 Å². The van der Waals surface area contributed by atoms with Gasteiger partial charge in [-0.3, -0.25) is 9.59 Å². The van der Waals surface area contributed by atoms with Crippen LogP contribution in [0.4, 0.5) is 11.4 Å². The van der Waals surface area contributed by atoms with Crippen molar-refractivity contribution in [2.24, 2.45) is 0 Å². The van der Waals surface area contributed by atoms with Gasteiger partial charge >= 0.3 is 11.9 Å². The fraction of sp³-hybridized carbons (Fsp3) is 0.182. The lowest BCUT2D eigenvalue weighted by molar-refractivity contribution is -0.148. The summed E-state index contributed by atoms with van der Waals surface area (Å²) in [7, 11) is 1.30. The number of benzene rings is 2. The van der Waals surface area contributed by atoms with Gasteiger partial charge in [-0.2, -0.15) is 0 Å². The Morgan fingerprint density at radius 2 is 1.47 bits per heavy atom. The molecule has 0 fully saturated rings. The van der Waals surface area contributed by atoms with Gasteiger partial charge in [-0.05, 0) is 55.0 Å². The van der Waals surface area contributed by atoms with Crippen molar-refractivity contribution in [3.8, 4) is 0 Å². The van der Waals surface area contributed by atoms with Crippen molar-refractivity contribution >= 4 is 41.2 Å². The van der Waals surface area contributed by atoms with Crippen LogP contribution in [0, 0.1) is 0 Å². The largest absolute Gasteiger partial charge is 0.465 e. The SMILES string of the molecule is COC(=O)c1ccc(/C=C/C(=O)O[C@@H](C)C(=O)Nc2ccc(NC(C)=O)cc2)cc1. The second-order valence-electron chi connectivity index (χ2n) is 6.27. The van der Waals surface area contributed by atoms with E-state index >= 15 is 0 Å². The standard InChI is InChI=1S/C22H22N2O6/c1-14(21(27)24-19-11-9-18(10-12-19)23-15(2)25)30-20(26)13-6-16-4-7-17(8-5-16)22(28)29-3/h4-14H,1-3H3,(H,23,25)(H,24,27)/b13-6+/t14-/m0/s1. The van der Waals surface area contributed by atoms with Crippen LogP contribution in [0.5, 0.6) is 0 Å². The van der Waals surface area contributed by atoms with E-state index in [2.05, 4.69) is 15.4 Å². The Morgan fingerprint density at radius 1 is 0.900 bits per heavy atom. The lowest BCUT2D eigenvalue weighted by Crippen LogP contribution is -2.29. The third kappa shape index (κ3) is 6.90. The van der Waals surface area contributed by atoms with Gasteiger partial charge in [-0.25, -0.2) is 9.59 Å². The lowest BCUT2D eigenvalue weighted by Gasteiger charge is -2.12. The van der Waals surface area contributed by atoms with Gasteiger partial charge in [-0.1, -0.05) is 12.1 Å². The monoisotopic (exact) mass is 410 g/mol. The number of methoxy groups -OCH3 is 1. The van der Waals surface area contributed by atoms with Gasteiger partial charge in [0.15, 0.2) is 6.10 Å². The summed E-state index contributed by atoms with van der Waals surface area (Å²) in [5.74, 6) is -1.82. The van der Waals surface area contributed by atoms with Crippen molar-refractivity contribution in [3.05, 3.63) is 65.7 Å². The third-order valence-corrected chi connectivity index (χ3v) is 3.88. The summed E-state index contributed by atoms with van der Waals surface area (Å²) in [6, 6.07) is 13.0. The minimum Gasteiger partial charge on any atom is -0.465 e. The van der Waals surface area contributed by atoms with Crippen molar-refractivity contribution in [3.63, 3.8) is 0 Å². The Morgan fingerprint density at radius 3 is 2.00 bits per heavy atom. The first kappa shape index (κ1) is 22.4. The molecule has 0 aliphatic carbocycles. The first-order chi connectivity index (χ1) is 14.3.